The Labute approximate surface area is 70.7 Å². The van der Waals surface area contributed by atoms with E-state index in [4.69, 9.17) is 9.84 Å². The summed E-state index contributed by atoms with van der Waals surface area (Å²) >= 11 is 3.15. The highest BCUT2D eigenvalue weighted by atomic mass is 79.9. The quantitative estimate of drug-likeness (QED) is 0.533. The monoisotopic (exact) mass is 210 g/mol. The molecule has 0 aliphatic heterocycles. The summed E-state index contributed by atoms with van der Waals surface area (Å²) in [6.07, 6.45) is 1.87. The summed E-state index contributed by atoms with van der Waals surface area (Å²) in [5, 5.41) is 9.58. The first-order valence-corrected chi connectivity index (χ1v) is 4.75. The predicted molar refractivity (Wildman–Crippen MR) is 45.5 cm³/mol. The lowest BCUT2D eigenvalue weighted by molar-refractivity contribution is 0.0479. The van der Waals surface area contributed by atoms with Crippen molar-refractivity contribution in [2.24, 2.45) is 0 Å². The molecule has 0 bridgehead atoms. The van der Waals surface area contributed by atoms with Gasteiger partial charge in [-0.15, -0.1) is 0 Å². The molecule has 0 radical (unpaired) electrons. The lowest BCUT2D eigenvalue weighted by Crippen LogP contribution is -2.16. The van der Waals surface area contributed by atoms with Crippen molar-refractivity contribution in [2.45, 2.75) is 25.9 Å². The van der Waals surface area contributed by atoms with Gasteiger partial charge >= 0.3 is 0 Å². The minimum absolute atomic E-state index is 0.350. The maximum absolute atomic E-state index is 8.99. The van der Waals surface area contributed by atoms with Crippen molar-refractivity contribution >= 4 is 15.9 Å². The van der Waals surface area contributed by atoms with Crippen molar-refractivity contribution in [2.75, 3.05) is 18.5 Å². The molecule has 0 heterocycles. The lowest BCUT2D eigenvalue weighted by Gasteiger charge is -2.06. The first-order chi connectivity index (χ1) is 4.81. The van der Waals surface area contributed by atoms with Gasteiger partial charge in [-0.05, 0) is 6.42 Å². The molecule has 0 aliphatic carbocycles. The van der Waals surface area contributed by atoms with Crippen molar-refractivity contribution in [3.63, 3.8) is 0 Å². The number of hydrogen-bond donors (Lipinski definition) is 1. The molecule has 0 spiro atoms. The lowest BCUT2D eigenvalue weighted by atomic mass is 10.4. The van der Waals surface area contributed by atoms with Crippen LogP contribution in [0.15, 0.2) is 0 Å². The van der Waals surface area contributed by atoms with Crippen LogP contribution in [0, 0.1) is 0 Å². The minimum Gasteiger partial charge on any atom is -0.390 e. The largest absolute Gasteiger partial charge is 0.390 e. The van der Waals surface area contributed by atoms with E-state index in [1.54, 1.807) is 0 Å². The third kappa shape index (κ3) is 6.52. The molecule has 0 saturated heterocycles. The average molecular weight is 211 g/mol. The minimum atomic E-state index is -0.350. The smallest absolute Gasteiger partial charge is 0.0870 e. The molecule has 1 N–H and O–H groups in total. The number of rotatable bonds is 6. The highest BCUT2D eigenvalue weighted by Gasteiger charge is 1.99. The molecule has 0 aromatic carbocycles. The van der Waals surface area contributed by atoms with Crippen molar-refractivity contribution < 1.29 is 9.84 Å². The second-order valence-corrected chi connectivity index (χ2v) is 2.88. The Morgan fingerprint density at radius 2 is 2.30 bits per heavy atom. The van der Waals surface area contributed by atoms with Crippen molar-refractivity contribution in [3.05, 3.63) is 0 Å². The molecule has 0 rings (SSSR count). The van der Waals surface area contributed by atoms with Crippen LogP contribution in [0.25, 0.3) is 0 Å². The molecular formula is C7H15BrO2. The number of aliphatic hydroxyl groups is 1. The molecule has 0 aliphatic rings. The molecule has 1 unspecified atom stereocenters. The van der Waals surface area contributed by atoms with Crippen molar-refractivity contribution in [1.29, 1.82) is 0 Å². The summed E-state index contributed by atoms with van der Waals surface area (Å²) in [4.78, 5) is 0. The van der Waals surface area contributed by atoms with Gasteiger partial charge in [-0.3, -0.25) is 0 Å². The van der Waals surface area contributed by atoms with Gasteiger partial charge in [0, 0.05) is 11.9 Å². The third-order valence-electron chi connectivity index (χ3n) is 1.13. The average Bonchev–Trinajstić information content (AvgIpc) is 1.98. The van der Waals surface area contributed by atoms with Crippen LogP contribution in [0.3, 0.4) is 0 Å². The van der Waals surface area contributed by atoms with Crippen LogP contribution in [0.5, 0.6) is 0 Å². The summed E-state index contributed by atoms with van der Waals surface area (Å²) in [7, 11) is 0. The molecular weight excluding hydrogens is 196 g/mol. The van der Waals surface area contributed by atoms with Gasteiger partial charge in [-0.1, -0.05) is 29.3 Å². The van der Waals surface area contributed by atoms with Crippen molar-refractivity contribution in [3.8, 4) is 0 Å². The van der Waals surface area contributed by atoms with Gasteiger partial charge in [0.1, 0.15) is 0 Å². The van der Waals surface area contributed by atoms with Gasteiger partial charge in [-0.25, -0.2) is 0 Å². The fraction of sp³-hybridized carbons (Fsp3) is 1.00. The molecule has 0 aromatic rings. The topological polar surface area (TPSA) is 29.5 Å². The molecule has 1 atom stereocenters. The van der Waals surface area contributed by atoms with Crippen LogP contribution in [-0.4, -0.2) is 29.8 Å². The normalized spacial score (nSPS) is 13.5. The first-order valence-electron chi connectivity index (χ1n) is 3.63. The Morgan fingerprint density at radius 3 is 2.80 bits per heavy atom. The SMILES string of the molecule is CCCCOCC(O)CBr. The zero-order valence-corrected chi connectivity index (χ0v) is 7.93. The fourth-order valence-electron chi connectivity index (χ4n) is 0.510. The maximum atomic E-state index is 8.99. The van der Waals surface area contributed by atoms with Gasteiger partial charge in [0.05, 0.1) is 12.7 Å². The molecule has 0 aromatic heterocycles. The Kier molecular flexibility index (Phi) is 7.81. The van der Waals surface area contributed by atoms with E-state index in [1.807, 2.05) is 0 Å². The Bertz CT molecular complexity index is 68.6. The highest BCUT2D eigenvalue weighted by molar-refractivity contribution is 9.09. The molecule has 2 nitrogen and oxygen atoms in total. The van der Waals surface area contributed by atoms with Crippen molar-refractivity contribution in [1.82, 2.24) is 0 Å². The maximum Gasteiger partial charge on any atom is 0.0870 e. The number of hydrogen-bond acceptors (Lipinski definition) is 2. The van der Waals surface area contributed by atoms with E-state index < -0.39 is 0 Å². The van der Waals surface area contributed by atoms with Crippen LogP contribution in [0.4, 0.5) is 0 Å². The summed E-state index contributed by atoms with van der Waals surface area (Å²) in [5.41, 5.74) is 0. The molecule has 0 saturated carbocycles. The highest BCUT2D eigenvalue weighted by Crippen LogP contribution is 1.93. The zero-order chi connectivity index (χ0) is 7.82. The Balaban J connectivity index is 2.89. The number of unbranched alkanes of at least 4 members (excludes halogenated alkanes) is 1. The number of halogens is 1. The molecule has 0 amide bonds. The van der Waals surface area contributed by atoms with Crippen LogP contribution >= 0.6 is 15.9 Å². The molecule has 10 heavy (non-hydrogen) atoms. The van der Waals surface area contributed by atoms with Gasteiger partial charge in [0.25, 0.3) is 0 Å². The third-order valence-corrected chi connectivity index (χ3v) is 1.88. The zero-order valence-electron chi connectivity index (χ0n) is 6.35. The number of ether oxygens (including phenoxy) is 1. The summed E-state index contributed by atoms with van der Waals surface area (Å²) in [6, 6.07) is 0. The van der Waals surface area contributed by atoms with Crippen LogP contribution < -0.4 is 0 Å². The van der Waals surface area contributed by atoms with Gasteiger partial charge in [0.2, 0.25) is 0 Å². The standard InChI is InChI=1S/C7H15BrO2/c1-2-3-4-10-6-7(9)5-8/h7,9H,2-6H2,1H3. The molecule has 62 valence electrons. The van der Waals surface area contributed by atoms with Gasteiger partial charge in [0.15, 0.2) is 0 Å². The fourth-order valence-corrected chi connectivity index (χ4v) is 0.697. The first kappa shape index (κ1) is 10.4. The van der Waals surface area contributed by atoms with Crippen LogP contribution in [0.1, 0.15) is 19.8 Å². The predicted octanol–water partition coefficient (Wildman–Crippen LogP) is 1.56. The summed E-state index contributed by atoms with van der Waals surface area (Å²) < 4.78 is 5.15. The van der Waals surface area contributed by atoms with E-state index >= 15 is 0 Å². The van der Waals surface area contributed by atoms with E-state index in [0.717, 1.165) is 19.4 Å². The van der Waals surface area contributed by atoms with Crippen LogP contribution in [0.2, 0.25) is 0 Å². The van der Waals surface area contributed by atoms with E-state index in [0.29, 0.717) is 11.9 Å². The van der Waals surface area contributed by atoms with Crippen LogP contribution in [-0.2, 0) is 4.74 Å². The molecule has 0 fully saturated rings. The Hall–Kier alpha value is 0.400. The summed E-state index contributed by atoms with van der Waals surface area (Å²) in [6.45, 7) is 3.33. The summed E-state index contributed by atoms with van der Waals surface area (Å²) in [5.74, 6) is 0. The van der Waals surface area contributed by atoms with Gasteiger partial charge < -0.3 is 9.84 Å². The Morgan fingerprint density at radius 1 is 1.60 bits per heavy atom. The van der Waals surface area contributed by atoms with E-state index in [-0.39, 0.29) is 6.10 Å². The second-order valence-electron chi connectivity index (χ2n) is 2.24. The number of alkyl halides is 1. The van der Waals surface area contributed by atoms with Gasteiger partial charge in [-0.2, -0.15) is 0 Å². The number of aliphatic hydroxyl groups excluding tert-OH is 1. The van der Waals surface area contributed by atoms with E-state index in [1.165, 1.54) is 0 Å². The molecule has 3 heteroatoms. The van der Waals surface area contributed by atoms with E-state index in [2.05, 4.69) is 22.9 Å². The second kappa shape index (κ2) is 7.51. The van der Waals surface area contributed by atoms with E-state index in [9.17, 15) is 0 Å².